The molecule has 0 aliphatic heterocycles. The largest absolute Gasteiger partial charge is 0.228 e. The zero-order valence-electron chi connectivity index (χ0n) is 35.0. The number of rotatable bonds is 7. The molecule has 0 N–H and O–H groups in total. The van der Waals surface area contributed by atoms with Gasteiger partial charge in [-0.15, -0.1) is 11.3 Å². The maximum absolute atomic E-state index is 5.26. The molecule has 0 radical (unpaired) electrons. The van der Waals surface area contributed by atoms with Crippen LogP contribution in [0.4, 0.5) is 0 Å². The predicted octanol–water partition coefficient (Wildman–Crippen LogP) is 14.5. The van der Waals surface area contributed by atoms with E-state index >= 15 is 0 Å². The van der Waals surface area contributed by atoms with Gasteiger partial charge >= 0.3 is 0 Å². The summed E-state index contributed by atoms with van der Waals surface area (Å²) in [6.07, 6.45) is 0. The molecule has 2 atom stereocenters. The molecule has 3 aliphatic carbocycles. The molecule has 0 saturated carbocycles. The number of fused-ring (bicyclic) bond motifs is 1. The van der Waals surface area contributed by atoms with Crippen LogP contribution in [-0.4, -0.2) is 24.9 Å². The lowest BCUT2D eigenvalue weighted by atomic mass is 9.60. The Morgan fingerprint density at radius 1 is 0.277 bits per heavy atom. The van der Waals surface area contributed by atoms with Crippen molar-refractivity contribution in [1.29, 1.82) is 0 Å². The highest BCUT2D eigenvalue weighted by Gasteiger charge is 2.41. The van der Waals surface area contributed by atoms with Crippen molar-refractivity contribution >= 4 is 21.4 Å². The molecule has 0 saturated heterocycles. The summed E-state index contributed by atoms with van der Waals surface area (Å²) < 4.78 is 1.30. The van der Waals surface area contributed by atoms with Crippen molar-refractivity contribution in [2.75, 3.05) is 0 Å². The molecule has 2 unspecified atom stereocenters. The Hall–Kier alpha value is -8.19. The molecule has 6 heteroatoms. The van der Waals surface area contributed by atoms with Gasteiger partial charge in [0.05, 0.1) is 11.4 Å². The summed E-state index contributed by atoms with van der Waals surface area (Å²) >= 11 is 1.82. The molecule has 8 aromatic carbocycles. The van der Waals surface area contributed by atoms with Gasteiger partial charge in [-0.25, -0.2) is 24.9 Å². The van der Waals surface area contributed by atoms with Gasteiger partial charge in [-0.2, -0.15) is 0 Å². The van der Waals surface area contributed by atoms with E-state index in [-0.39, 0.29) is 11.8 Å². The minimum Gasteiger partial charge on any atom is -0.228 e. The molecular weight excluding hydrogens is 811 g/mol. The monoisotopic (exact) mass is 847 g/mol. The average molecular weight is 848 g/mol. The van der Waals surface area contributed by atoms with Crippen molar-refractivity contribution < 1.29 is 0 Å². The molecule has 3 aromatic heterocycles. The van der Waals surface area contributed by atoms with E-state index in [0.717, 1.165) is 44.8 Å². The third-order valence-electron chi connectivity index (χ3n) is 12.9. The fourth-order valence-corrected chi connectivity index (χ4v) is 10.9. The third-order valence-corrected chi connectivity index (χ3v) is 14.1. The number of aromatic nitrogens is 5. The van der Waals surface area contributed by atoms with Crippen LogP contribution in [0.2, 0.25) is 0 Å². The average Bonchev–Trinajstić information content (AvgIpc) is 3.83. The van der Waals surface area contributed by atoms with E-state index in [1.54, 1.807) is 0 Å². The van der Waals surface area contributed by atoms with Gasteiger partial charge < -0.3 is 0 Å². The Balaban J connectivity index is 0.908. The first-order valence-electron chi connectivity index (χ1n) is 22.0. The van der Waals surface area contributed by atoms with Crippen LogP contribution in [0.3, 0.4) is 0 Å². The Labute approximate surface area is 380 Å². The lowest BCUT2D eigenvalue weighted by Crippen LogP contribution is -2.27. The molecule has 304 valence electrons. The highest BCUT2D eigenvalue weighted by molar-refractivity contribution is 7.22. The SMILES string of the molecule is c1ccc(-c2nc(-c3ccc(-c4cc5ccccc5s4)cc3)cc(-c3ccc4c(c3)C3c5ccccc5C4c4cc(-c5nc(-c6ccccc6)nc(-c6ccccc6)n5)ccc43)n2)cc1. The molecule has 3 heterocycles. The molecule has 2 bridgehead atoms. The van der Waals surface area contributed by atoms with E-state index in [9.17, 15) is 0 Å². The van der Waals surface area contributed by atoms with Gasteiger partial charge in [0.2, 0.25) is 0 Å². The minimum absolute atomic E-state index is 0.0551. The van der Waals surface area contributed by atoms with E-state index in [0.29, 0.717) is 23.3 Å². The molecule has 0 spiro atoms. The number of hydrogen-bond donors (Lipinski definition) is 0. The summed E-state index contributed by atoms with van der Waals surface area (Å²) in [6.45, 7) is 0. The van der Waals surface area contributed by atoms with Crippen molar-refractivity contribution in [2.24, 2.45) is 0 Å². The van der Waals surface area contributed by atoms with Crippen LogP contribution in [0.5, 0.6) is 0 Å². The van der Waals surface area contributed by atoms with Gasteiger partial charge in [0.1, 0.15) is 0 Å². The molecule has 3 aliphatic rings. The summed E-state index contributed by atoms with van der Waals surface area (Å²) in [6, 6.07) is 75.2. The number of thiophene rings is 1. The minimum atomic E-state index is 0.0551. The molecule has 65 heavy (non-hydrogen) atoms. The number of benzene rings is 8. The van der Waals surface area contributed by atoms with Gasteiger partial charge in [0.25, 0.3) is 0 Å². The fraction of sp³-hybridized carbons (Fsp3) is 0.0339. The molecule has 0 amide bonds. The van der Waals surface area contributed by atoms with E-state index in [1.807, 2.05) is 65.9 Å². The predicted molar refractivity (Wildman–Crippen MR) is 264 cm³/mol. The molecule has 5 nitrogen and oxygen atoms in total. The van der Waals surface area contributed by atoms with Gasteiger partial charge in [0.15, 0.2) is 23.3 Å². The van der Waals surface area contributed by atoms with Crippen LogP contribution < -0.4 is 0 Å². The van der Waals surface area contributed by atoms with E-state index in [2.05, 4.69) is 158 Å². The molecule has 14 rings (SSSR count). The summed E-state index contributed by atoms with van der Waals surface area (Å²) in [7, 11) is 0. The summed E-state index contributed by atoms with van der Waals surface area (Å²) in [5.74, 6) is 2.80. The van der Waals surface area contributed by atoms with Crippen molar-refractivity contribution in [1.82, 2.24) is 24.9 Å². The van der Waals surface area contributed by atoms with Crippen molar-refractivity contribution in [3.05, 3.63) is 246 Å². The van der Waals surface area contributed by atoms with Crippen LogP contribution in [0.1, 0.15) is 45.2 Å². The van der Waals surface area contributed by atoms with Crippen LogP contribution in [0, 0.1) is 0 Å². The topological polar surface area (TPSA) is 64.5 Å². The van der Waals surface area contributed by atoms with Crippen LogP contribution in [-0.2, 0) is 0 Å². The molecule has 11 aromatic rings. The molecular formula is C59H37N5S. The van der Waals surface area contributed by atoms with E-state index < -0.39 is 0 Å². The Morgan fingerprint density at radius 2 is 0.692 bits per heavy atom. The second-order valence-corrected chi connectivity index (χ2v) is 17.9. The molecule has 0 fully saturated rings. The summed E-state index contributed by atoms with van der Waals surface area (Å²) in [5.41, 5.74) is 16.9. The number of hydrogen-bond acceptors (Lipinski definition) is 6. The van der Waals surface area contributed by atoms with Crippen molar-refractivity contribution in [2.45, 2.75) is 11.8 Å². The fourth-order valence-electron chi connectivity index (χ4n) is 9.84. The first kappa shape index (κ1) is 37.4. The van der Waals surface area contributed by atoms with Crippen LogP contribution in [0.25, 0.3) is 88.6 Å². The highest BCUT2D eigenvalue weighted by atomic mass is 32.1. The second kappa shape index (κ2) is 15.3. The number of nitrogens with zero attached hydrogens (tertiary/aromatic N) is 5. The smallest absolute Gasteiger partial charge is 0.164 e. The van der Waals surface area contributed by atoms with Gasteiger partial charge in [-0.3, -0.25) is 0 Å². The van der Waals surface area contributed by atoms with Crippen molar-refractivity contribution in [3.8, 4) is 78.5 Å². The Bertz CT molecular complexity index is 3510. The second-order valence-electron chi connectivity index (χ2n) is 16.8. The van der Waals surface area contributed by atoms with Crippen LogP contribution in [0.15, 0.2) is 212 Å². The maximum atomic E-state index is 5.26. The Kier molecular flexibility index (Phi) is 8.78. The normalized spacial score (nSPS) is 14.5. The third kappa shape index (κ3) is 6.49. The van der Waals surface area contributed by atoms with E-state index in [1.165, 1.54) is 53.9 Å². The lowest BCUT2D eigenvalue weighted by molar-refractivity contribution is 0.754. The highest BCUT2D eigenvalue weighted by Crippen LogP contribution is 2.56. The standard InChI is InChI=1S/C59H37N5S/c1-4-14-38(15-5-1)56-60-50(36-24-26-37(27-25-36)53-34-42-20-10-13-23-52(42)65-53)35-51(61-56)41-28-30-46-48(32-41)54-44-21-11-12-22-45(44)55(46)49-33-43(29-31-47(49)54)59-63-57(39-16-6-2-7-17-39)62-58(64-59)40-18-8-3-9-19-40/h1-35,54-55H. The summed E-state index contributed by atoms with van der Waals surface area (Å²) in [4.78, 5) is 26.8. The quantitative estimate of drug-likeness (QED) is 0.160. The van der Waals surface area contributed by atoms with Gasteiger partial charge in [-0.05, 0) is 74.7 Å². The first-order valence-corrected chi connectivity index (χ1v) is 22.8. The maximum Gasteiger partial charge on any atom is 0.164 e. The van der Waals surface area contributed by atoms with Crippen molar-refractivity contribution in [3.63, 3.8) is 0 Å². The Morgan fingerprint density at radius 3 is 1.26 bits per heavy atom. The van der Waals surface area contributed by atoms with Crippen LogP contribution >= 0.6 is 11.3 Å². The lowest BCUT2D eigenvalue weighted by Gasteiger charge is -2.42. The van der Waals surface area contributed by atoms with Gasteiger partial charge in [-0.1, -0.05) is 182 Å². The van der Waals surface area contributed by atoms with Gasteiger partial charge in [0, 0.05) is 54.8 Å². The zero-order valence-corrected chi connectivity index (χ0v) is 35.8. The first-order chi connectivity index (χ1) is 32.2. The summed E-state index contributed by atoms with van der Waals surface area (Å²) in [5, 5.41) is 1.27. The van der Waals surface area contributed by atoms with E-state index in [4.69, 9.17) is 24.9 Å². The zero-order chi connectivity index (χ0) is 42.8.